The van der Waals surface area contributed by atoms with Gasteiger partial charge in [0.25, 0.3) is 5.69 Å². The number of hydrogen-bond acceptors (Lipinski definition) is 6. The third kappa shape index (κ3) is 4.03. The highest BCUT2D eigenvalue weighted by molar-refractivity contribution is 6.07. The van der Waals surface area contributed by atoms with Gasteiger partial charge in [-0.2, -0.15) is 0 Å². The topological polar surface area (TPSA) is 110 Å². The molecule has 8 nitrogen and oxygen atoms in total. The molecule has 0 amide bonds. The van der Waals surface area contributed by atoms with Crippen molar-refractivity contribution < 1.29 is 14.8 Å². The number of benzene rings is 1. The lowest BCUT2D eigenvalue weighted by Gasteiger charge is -2.30. The van der Waals surface area contributed by atoms with Crippen molar-refractivity contribution in [1.29, 1.82) is 0 Å². The molecule has 0 saturated heterocycles. The zero-order chi connectivity index (χ0) is 18.8. The number of nitro groups is 1. The second-order valence-electron chi connectivity index (χ2n) is 6.93. The maximum absolute atomic E-state index is 12.5. The number of carbonyl (C=O) groups is 1. The van der Waals surface area contributed by atoms with Gasteiger partial charge >= 0.3 is 0 Å². The normalized spacial score (nSPS) is 12.7. The van der Waals surface area contributed by atoms with E-state index >= 15 is 0 Å². The molecule has 1 atom stereocenters. The molecule has 2 N–H and O–H groups in total. The molecule has 0 radical (unpaired) electrons. The summed E-state index contributed by atoms with van der Waals surface area (Å²) in [6.45, 7) is 5.59. The monoisotopic (exact) mass is 346 g/mol. The maximum Gasteiger partial charge on any atom is 0.293 e. The molecule has 0 bridgehead atoms. The molecule has 8 heteroatoms. The predicted octanol–water partition coefficient (Wildman–Crippen LogP) is 2.38. The van der Waals surface area contributed by atoms with Crippen molar-refractivity contribution in [2.75, 3.05) is 11.9 Å². The Balaban J connectivity index is 2.40. The lowest BCUT2D eigenvalue weighted by atomic mass is 9.87. The molecule has 0 aliphatic carbocycles. The highest BCUT2D eigenvalue weighted by Crippen LogP contribution is 2.30. The van der Waals surface area contributed by atoms with Crippen LogP contribution < -0.4 is 5.32 Å². The molecule has 0 spiro atoms. The van der Waals surface area contributed by atoms with Crippen molar-refractivity contribution in [1.82, 2.24) is 9.55 Å². The minimum atomic E-state index is -0.547. The van der Waals surface area contributed by atoms with Gasteiger partial charge in [0, 0.05) is 31.1 Å². The van der Waals surface area contributed by atoms with Gasteiger partial charge in [-0.3, -0.25) is 14.9 Å². The van der Waals surface area contributed by atoms with Crippen molar-refractivity contribution in [2.45, 2.75) is 26.8 Å². The van der Waals surface area contributed by atoms with Crippen molar-refractivity contribution in [3.63, 3.8) is 0 Å². The van der Waals surface area contributed by atoms with E-state index in [9.17, 15) is 20.0 Å². The Morgan fingerprint density at radius 1 is 1.44 bits per heavy atom. The summed E-state index contributed by atoms with van der Waals surface area (Å²) in [5.74, 6) is -0.186. The lowest BCUT2D eigenvalue weighted by molar-refractivity contribution is -0.384. The summed E-state index contributed by atoms with van der Waals surface area (Å²) < 4.78 is 1.56. The van der Waals surface area contributed by atoms with Crippen LogP contribution in [0.4, 0.5) is 11.4 Å². The number of imidazole rings is 1. The Morgan fingerprint density at radius 2 is 2.12 bits per heavy atom. The molecule has 0 fully saturated rings. The number of aryl methyl sites for hydroxylation is 1. The van der Waals surface area contributed by atoms with Crippen molar-refractivity contribution in [3.8, 4) is 0 Å². The van der Waals surface area contributed by atoms with Gasteiger partial charge in [-0.05, 0) is 17.5 Å². The Morgan fingerprint density at radius 3 is 2.60 bits per heavy atom. The summed E-state index contributed by atoms with van der Waals surface area (Å²) >= 11 is 0. The summed E-state index contributed by atoms with van der Waals surface area (Å²) in [6, 6.07) is 3.87. The minimum absolute atomic E-state index is 0.172. The van der Waals surface area contributed by atoms with E-state index in [1.165, 1.54) is 24.4 Å². The maximum atomic E-state index is 12.5. The van der Waals surface area contributed by atoms with Gasteiger partial charge in [0.15, 0.2) is 5.82 Å². The van der Waals surface area contributed by atoms with E-state index in [-0.39, 0.29) is 40.8 Å². The zero-order valence-corrected chi connectivity index (χ0v) is 14.7. The number of nitro benzene ring substituents is 1. The van der Waals surface area contributed by atoms with Crippen LogP contribution in [0.3, 0.4) is 0 Å². The fourth-order valence-electron chi connectivity index (χ4n) is 2.38. The Kier molecular flexibility index (Phi) is 5.22. The summed E-state index contributed by atoms with van der Waals surface area (Å²) in [5, 5.41) is 24.0. The van der Waals surface area contributed by atoms with Gasteiger partial charge in [0.05, 0.1) is 17.6 Å². The average Bonchev–Trinajstić information content (AvgIpc) is 2.96. The highest BCUT2D eigenvalue weighted by atomic mass is 16.6. The van der Waals surface area contributed by atoms with Gasteiger partial charge in [-0.25, -0.2) is 4.98 Å². The zero-order valence-electron chi connectivity index (χ0n) is 14.7. The van der Waals surface area contributed by atoms with Crippen LogP contribution >= 0.6 is 0 Å². The van der Waals surface area contributed by atoms with Gasteiger partial charge in [0.1, 0.15) is 5.69 Å². The number of hydrogen-bond donors (Lipinski definition) is 2. The summed E-state index contributed by atoms with van der Waals surface area (Å²) in [6.07, 6.45) is 3.12. The van der Waals surface area contributed by atoms with Crippen LogP contribution in [0.25, 0.3) is 0 Å². The molecule has 25 heavy (non-hydrogen) atoms. The number of rotatable bonds is 6. The Hall–Kier alpha value is -2.74. The summed E-state index contributed by atoms with van der Waals surface area (Å²) in [5.41, 5.74) is -0.0784. The molecule has 2 rings (SSSR count). The first-order chi connectivity index (χ1) is 11.6. The molecule has 1 unspecified atom stereocenters. The predicted molar refractivity (Wildman–Crippen MR) is 93.7 cm³/mol. The molecule has 0 aliphatic rings. The van der Waals surface area contributed by atoms with Crippen LogP contribution in [0.2, 0.25) is 0 Å². The van der Waals surface area contributed by atoms with Gasteiger partial charge < -0.3 is 15.0 Å². The van der Waals surface area contributed by atoms with Crippen LogP contribution in [0.5, 0.6) is 0 Å². The number of carbonyl (C=O) groups excluding carboxylic acids is 1. The summed E-state index contributed by atoms with van der Waals surface area (Å²) in [4.78, 5) is 27.4. The first kappa shape index (κ1) is 18.6. The standard InChI is InChI=1S/C17H22N4O4/c1-17(2,3)14(10-22)19-12-6-5-11(9-13(12)21(24)25)15(23)16-18-7-8-20(16)4/h5-9,14,19,22H,10H2,1-4H3. The minimum Gasteiger partial charge on any atom is -0.394 e. The van der Waals surface area contributed by atoms with Gasteiger partial charge in [-0.15, -0.1) is 0 Å². The van der Waals surface area contributed by atoms with E-state index < -0.39 is 10.7 Å². The van der Waals surface area contributed by atoms with Crippen LogP contribution in [0.15, 0.2) is 30.6 Å². The first-order valence-corrected chi connectivity index (χ1v) is 7.83. The number of nitrogens with one attached hydrogen (secondary N) is 1. The quantitative estimate of drug-likeness (QED) is 0.472. The van der Waals surface area contributed by atoms with E-state index in [0.29, 0.717) is 0 Å². The van der Waals surface area contributed by atoms with Crippen LogP contribution in [0.1, 0.15) is 37.0 Å². The lowest BCUT2D eigenvalue weighted by Crippen LogP contribution is -2.37. The molecule has 134 valence electrons. The number of aliphatic hydroxyl groups excluding tert-OH is 1. The van der Waals surface area contributed by atoms with Crippen molar-refractivity contribution in [2.24, 2.45) is 12.5 Å². The SMILES string of the molecule is Cn1ccnc1C(=O)c1ccc(NC(CO)C(C)(C)C)c([N+](=O)[O-])c1. The van der Waals surface area contributed by atoms with Gasteiger partial charge in [-0.1, -0.05) is 20.8 Å². The Bertz CT molecular complexity index is 792. The highest BCUT2D eigenvalue weighted by Gasteiger charge is 2.27. The van der Waals surface area contributed by atoms with Crippen molar-refractivity contribution in [3.05, 3.63) is 52.1 Å². The van der Waals surface area contributed by atoms with Crippen molar-refractivity contribution >= 4 is 17.2 Å². The summed E-state index contributed by atoms with van der Waals surface area (Å²) in [7, 11) is 1.68. The molecule has 0 aliphatic heterocycles. The van der Waals surface area contributed by atoms with E-state index in [0.717, 1.165) is 0 Å². The first-order valence-electron chi connectivity index (χ1n) is 7.83. The molecule has 1 aromatic carbocycles. The molecule has 2 aromatic rings. The molecular weight excluding hydrogens is 324 g/mol. The second kappa shape index (κ2) is 7.02. The van der Waals surface area contributed by atoms with Crippen LogP contribution in [-0.4, -0.2) is 38.0 Å². The van der Waals surface area contributed by atoms with Crippen LogP contribution in [0, 0.1) is 15.5 Å². The third-order valence-electron chi connectivity index (χ3n) is 4.04. The largest absolute Gasteiger partial charge is 0.394 e. The fraction of sp³-hybridized carbons (Fsp3) is 0.412. The number of aromatic nitrogens is 2. The van der Waals surface area contributed by atoms with E-state index in [4.69, 9.17) is 0 Å². The number of aliphatic hydroxyl groups is 1. The van der Waals surface area contributed by atoms with E-state index in [2.05, 4.69) is 10.3 Å². The third-order valence-corrected chi connectivity index (χ3v) is 4.04. The number of anilines is 1. The molecule has 0 saturated carbocycles. The van der Waals surface area contributed by atoms with Crippen LogP contribution in [-0.2, 0) is 7.05 Å². The van der Waals surface area contributed by atoms with E-state index in [1.807, 2.05) is 20.8 Å². The molecule has 1 heterocycles. The smallest absolute Gasteiger partial charge is 0.293 e. The Labute approximate surface area is 145 Å². The molecule has 1 aromatic heterocycles. The second-order valence-corrected chi connectivity index (χ2v) is 6.93. The van der Waals surface area contributed by atoms with Gasteiger partial charge in [0.2, 0.25) is 5.78 Å². The average molecular weight is 346 g/mol. The van der Waals surface area contributed by atoms with E-state index in [1.54, 1.807) is 17.8 Å². The fourth-order valence-corrected chi connectivity index (χ4v) is 2.38. The number of nitrogens with zero attached hydrogens (tertiary/aromatic N) is 3. The molecular formula is C17H22N4O4. The number of ketones is 1.